The van der Waals surface area contributed by atoms with Crippen molar-refractivity contribution in [2.45, 2.75) is 44.3 Å². The molecule has 1 heterocycles. The molecule has 0 amide bonds. The highest BCUT2D eigenvalue weighted by Crippen LogP contribution is 2.23. The van der Waals surface area contributed by atoms with Crippen molar-refractivity contribution in [3.63, 3.8) is 0 Å². The van der Waals surface area contributed by atoms with Crippen molar-refractivity contribution >= 4 is 10.0 Å². The fraction of sp³-hybridized carbons (Fsp3) is 0.600. The van der Waals surface area contributed by atoms with Crippen molar-refractivity contribution in [2.24, 2.45) is 5.92 Å². The number of hydrogen-bond acceptors (Lipinski definition) is 4. The number of benzene rings is 1. The van der Waals surface area contributed by atoms with E-state index in [0.717, 1.165) is 18.4 Å². The first-order valence-corrected chi connectivity index (χ1v) is 8.78. The Labute approximate surface area is 126 Å². The van der Waals surface area contributed by atoms with Crippen molar-refractivity contribution in [3.8, 4) is 0 Å². The van der Waals surface area contributed by atoms with Crippen LogP contribution in [-0.2, 0) is 21.4 Å². The van der Waals surface area contributed by atoms with Crippen LogP contribution in [0.25, 0.3) is 0 Å². The van der Waals surface area contributed by atoms with E-state index in [0.29, 0.717) is 18.7 Å². The van der Waals surface area contributed by atoms with Crippen LogP contribution in [0.5, 0.6) is 0 Å². The molecule has 0 bridgehead atoms. The Morgan fingerprint density at radius 3 is 2.86 bits per heavy atom. The van der Waals surface area contributed by atoms with E-state index in [1.165, 1.54) is 6.07 Å². The van der Waals surface area contributed by atoms with Crippen LogP contribution in [0.2, 0.25) is 0 Å². The second kappa shape index (κ2) is 6.87. The summed E-state index contributed by atoms with van der Waals surface area (Å²) in [5.74, 6) is 0.229. The van der Waals surface area contributed by atoms with E-state index < -0.39 is 10.0 Å². The lowest BCUT2D eigenvalue weighted by atomic mass is 10.0. The molecule has 0 aliphatic carbocycles. The lowest BCUT2D eigenvalue weighted by molar-refractivity contribution is 0.0884. The van der Waals surface area contributed by atoms with Gasteiger partial charge in [-0.2, -0.15) is 0 Å². The minimum Gasteiger partial charge on any atom is -0.392 e. The van der Waals surface area contributed by atoms with Gasteiger partial charge < -0.3 is 9.84 Å². The van der Waals surface area contributed by atoms with Crippen molar-refractivity contribution in [2.75, 3.05) is 13.2 Å². The third-order valence-electron chi connectivity index (χ3n) is 4.09. The molecule has 0 spiro atoms. The first-order valence-electron chi connectivity index (χ1n) is 7.29. The van der Waals surface area contributed by atoms with Gasteiger partial charge in [-0.1, -0.05) is 13.0 Å². The summed E-state index contributed by atoms with van der Waals surface area (Å²) in [5.41, 5.74) is 1.51. The summed E-state index contributed by atoms with van der Waals surface area (Å²) in [6.45, 7) is 4.82. The number of aryl methyl sites for hydroxylation is 1. The second-order valence-electron chi connectivity index (χ2n) is 5.46. The summed E-state index contributed by atoms with van der Waals surface area (Å²) >= 11 is 0. The SMILES string of the molecule is CCC1OCCC1CNS(=O)(=O)c1ccc(C)c(CO)c1. The molecule has 2 atom stereocenters. The zero-order valence-corrected chi connectivity index (χ0v) is 13.3. The molecule has 118 valence electrons. The van der Waals surface area contributed by atoms with Gasteiger partial charge in [-0.15, -0.1) is 0 Å². The third kappa shape index (κ3) is 3.83. The van der Waals surface area contributed by atoms with Gasteiger partial charge in [-0.05, 0) is 43.0 Å². The molecular weight excluding hydrogens is 290 g/mol. The van der Waals surface area contributed by atoms with Crippen molar-refractivity contribution in [1.82, 2.24) is 4.72 Å². The maximum Gasteiger partial charge on any atom is 0.240 e. The average Bonchev–Trinajstić information content (AvgIpc) is 2.93. The van der Waals surface area contributed by atoms with Crippen LogP contribution in [0.3, 0.4) is 0 Å². The number of sulfonamides is 1. The summed E-state index contributed by atoms with van der Waals surface area (Å²) in [6, 6.07) is 4.81. The Balaban J connectivity index is 2.08. The van der Waals surface area contributed by atoms with Crippen LogP contribution in [0.4, 0.5) is 0 Å². The molecule has 0 saturated carbocycles. The molecule has 0 aromatic heterocycles. The van der Waals surface area contributed by atoms with Crippen molar-refractivity contribution in [3.05, 3.63) is 29.3 Å². The molecule has 2 rings (SSSR count). The Hall–Kier alpha value is -0.950. The highest BCUT2D eigenvalue weighted by molar-refractivity contribution is 7.89. The molecule has 2 N–H and O–H groups in total. The Morgan fingerprint density at radius 1 is 1.43 bits per heavy atom. The van der Waals surface area contributed by atoms with E-state index in [1.807, 2.05) is 13.8 Å². The first kappa shape index (κ1) is 16.4. The van der Waals surface area contributed by atoms with E-state index in [2.05, 4.69) is 4.72 Å². The van der Waals surface area contributed by atoms with Crippen molar-refractivity contribution in [1.29, 1.82) is 0 Å². The van der Waals surface area contributed by atoms with Crippen LogP contribution < -0.4 is 4.72 Å². The molecule has 1 aromatic carbocycles. The summed E-state index contributed by atoms with van der Waals surface area (Å²) in [5, 5.41) is 9.25. The maximum absolute atomic E-state index is 12.3. The van der Waals surface area contributed by atoms with E-state index >= 15 is 0 Å². The van der Waals surface area contributed by atoms with Crippen LogP contribution in [0, 0.1) is 12.8 Å². The standard InChI is InChI=1S/C15H23NO4S/c1-3-15-12(6-7-20-15)9-16-21(18,19)14-5-4-11(2)13(8-14)10-17/h4-5,8,12,15-17H,3,6-7,9-10H2,1-2H3. The van der Waals surface area contributed by atoms with Gasteiger partial charge in [0.25, 0.3) is 0 Å². The lowest BCUT2D eigenvalue weighted by Crippen LogP contribution is -2.32. The molecule has 21 heavy (non-hydrogen) atoms. The molecule has 1 saturated heterocycles. The first-order chi connectivity index (χ1) is 9.97. The summed E-state index contributed by atoms with van der Waals surface area (Å²) in [7, 11) is -3.55. The number of aliphatic hydroxyl groups is 1. The number of ether oxygens (including phenoxy) is 1. The minimum absolute atomic E-state index is 0.138. The lowest BCUT2D eigenvalue weighted by Gasteiger charge is -2.17. The van der Waals surface area contributed by atoms with Gasteiger partial charge in [0.1, 0.15) is 0 Å². The fourth-order valence-corrected chi connectivity index (χ4v) is 3.81. The predicted molar refractivity (Wildman–Crippen MR) is 80.4 cm³/mol. The number of nitrogens with one attached hydrogen (secondary N) is 1. The normalized spacial score (nSPS) is 22.6. The Bertz CT molecular complexity index is 585. The van der Waals surface area contributed by atoms with Crippen LogP contribution >= 0.6 is 0 Å². The number of aliphatic hydroxyl groups excluding tert-OH is 1. The van der Waals surface area contributed by atoms with E-state index in [-0.39, 0.29) is 23.5 Å². The molecule has 1 aromatic rings. The van der Waals surface area contributed by atoms with Gasteiger partial charge >= 0.3 is 0 Å². The van der Waals surface area contributed by atoms with Crippen LogP contribution in [0.15, 0.2) is 23.1 Å². The van der Waals surface area contributed by atoms with Crippen LogP contribution in [-0.4, -0.2) is 32.8 Å². The summed E-state index contributed by atoms with van der Waals surface area (Å²) in [6.07, 6.45) is 1.92. The smallest absolute Gasteiger partial charge is 0.240 e. The summed E-state index contributed by atoms with van der Waals surface area (Å²) < 4.78 is 32.9. The Morgan fingerprint density at radius 2 is 2.19 bits per heavy atom. The van der Waals surface area contributed by atoms with Gasteiger partial charge in [0, 0.05) is 19.1 Å². The Kier molecular flexibility index (Phi) is 5.37. The van der Waals surface area contributed by atoms with Gasteiger partial charge in [-0.3, -0.25) is 0 Å². The molecule has 5 nitrogen and oxygen atoms in total. The number of rotatable bonds is 6. The second-order valence-corrected chi connectivity index (χ2v) is 7.23. The number of hydrogen-bond donors (Lipinski definition) is 2. The zero-order valence-electron chi connectivity index (χ0n) is 12.5. The third-order valence-corrected chi connectivity index (χ3v) is 5.51. The average molecular weight is 313 g/mol. The summed E-state index contributed by atoms with van der Waals surface area (Å²) in [4.78, 5) is 0.198. The predicted octanol–water partition coefficient (Wildman–Crippen LogP) is 1.58. The molecular formula is C15H23NO4S. The van der Waals surface area contributed by atoms with Crippen molar-refractivity contribution < 1.29 is 18.3 Å². The molecule has 1 fully saturated rings. The highest BCUT2D eigenvalue weighted by atomic mass is 32.2. The van der Waals surface area contributed by atoms with Gasteiger partial charge in [0.15, 0.2) is 0 Å². The van der Waals surface area contributed by atoms with Gasteiger partial charge in [0.2, 0.25) is 10.0 Å². The van der Waals surface area contributed by atoms with Gasteiger partial charge in [0.05, 0.1) is 17.6 Å². The largest absolute Gasteiger partial charge is 0.392 e. The molecule has 6 heteroatoms. The zero-order chi connectivity index (χ0) is 15.5. The topological polar surface area (TPSA) is 75.6 Å². The van der Waals surface area contributed by atoms with Crippen LogP contribution in [0.1, 0.15) is 30.9 Å². The highest BCUT2D eigenvalue weighted by Gasteiger charge is 2.28. The van der Waals surface area contributed by atoms with Gasteiger partial charge in [-0.25, -0.2) is 13.1 Å². The molecule has 1 aliphatic rings. The molecule has 2 unspecified atom stereocenters. The monoisotopic (exact) mass is 313 g/mol. The fourth-order valence-electron chi connectivity index (χ4n) is 2.66. The molecule has 1 aliphatic heterocycles. The quantitative estimate of drug-likeness (QED) is 0.836. The van der Waals surface area contributed by atoms with E-state index in [1.54, 1.807) is 12.1 Å². The molecule has 0 radical (unpaired) electrons. The minimum atomic E-state index is -3.55. The van der Waals surface area contributed by atoms with E-state index in [4.69, 9.17) is 4.74 Å². The van der Waals surface area contributed by atoms with E-state index in [9.17, 15) is 13.5 Å². The maximum atomic E-state index is 12.3.